The van der Waals surface area contributed by atoms with Gasteiger partial charge in [-0.25, -0.2) is 4.98 Å². The molecule has 8 heteroatoms. The van der Waals surface area contributed by atoms with Gasteiger partial charge in [0, 0.05) is 35.9 Å². The van der Waals surface area contributed by atoms with Crippen molar-refractivity contribution in [2.75, 3.05) is 32.6 Å². The zero-order chi connectivity index (χ0) is 26.2. The number of carbonyl (C=O) groups excluding carboxylic acids is 1. The highest BCUT2D eigenvalue weighted by Gasteiger charge is 2.54. The van der Waals surface area contributed by atoms with Crippen molar-refractivity contribution in [1.82, 2.24) is 9.88 Å². The molecule has 198 valence electrons. The number of aromatic nitrogens is 1. The number of carbonyl (C=O) groups is 1. The first kappa shape index (κ1) is 26.7. The number of rotatable bonds is 8. The van der Waals surface area contributed by atoms with E-state index in [0.717, 1.165) is 47.3 Å². The molecule has 1 unspecified atom stereocenters. The molecule has 0 spiro atoms. The van der Waals surface area contributed by atoms with E-state index in [2.05, 4.69) is 19.2 Å². The number of ether oxygens (including phenoxy) is 2. The molecule has 7 nitrogen and oxygen atoms in total. The standard InChI is InChI=1S/C28H41N3O4S/c1-8-31(9-2)26(33)16(3)19-12-13-28(5)15-22-24(17(4)23(28)25(19)32)30-27(36-22)29-20-14-18(34-6)10-11-21(20)35-7/h10-11,14,16-17,19,23,25,32H,8-9,12-13,15H2,1-7H3,(H,29,30)/t16-,17-,19?,23+,25-,28-/m0/s1. The first-order chi connectivity index (χ1) is 17.2. The zero-order valence-electron chi connectivity index (χ0n) is 22.6. The van der Waals surface area contributed by atoms with Gasteiger partial charge < -0.3 is 24.8 Å². The average Bonchev–Trinajstić information content (AvgIpc) is 3.26. The molecule has 2 aliphatic rings. The summed E-state index contributed by atoms with van der Waals surface area (Å²) in [5.74, 6) is 1.58. The van der Waals surface area contributed by atoms with Crippen LogP contribution >= 0.6 is 11.3 Å². The number of benzene rings is 1. The lowest BCUT2D eigenvalue weighted by molar-refractivity contribution is -0.144. The molecule has 6 atom stereocenters. The first-order valence-electron chi connectivity index (χ1n) is 13.1. The van der Waals surface area contributed by atoms with Gasteiger partial charge in [-0.2, -0.15) is 0 Å². The van der Waals surface area contributed by atoms with Crippen LogP contribution in [0.2, 0.25) is 0 Å². The number of fused-ring (bicyclic) bond motifs is 2. The van der Waals surface area contributed by atoms with Gasteiger partial charge in [-0.1, -0.05) is 20.8 Å². The number of nitrogens with zero attached hydrogens (tertiary/aromatic N) is 2. The molecule has 2 aromatic rings. The largest absolute Gasteiger partial charge is 0.497 e. The topological polar surface area (TPSA) is 83.9 Å². The summed E-state index contributed by atoms with van der Waals surface area (Å²) in [6.45, 7) is 11.9. The van der Waals surface area contributed by atoms with E-state index in [-0.39, 0.29) is 35.0 Å². The molecule has 2 N–H and O–H groups in total. The minimum atomic E-state index is -0.530. The molecule has 1 saturated carbocycles. The monoisotopic (exact) mass is 515 g/mol. The summed E-state index contributed by atoms with van der Waals surface area (Å²) in [6.07, 6.45) is 2.24. The van der Waals surface area contributed by atoms with E-state index in [4.69, 9.17) is 14.5 Å². The number of aliphatic hydroxyl groups is 1. The minimum absolute atomic E-state index is 0.0161. The molecule has 1 aromatic carbocycles. The van der Waals surface area contributed by atoms with Gasteiger partial charge in [-0.3, -0.25) is 4.79 Å². The third-order valence-corrected chi connectivity index (χ3v) is 9.66. The quantitative estimate of drug-likeness (QED) is 0.486. The van der Waals surface area contributed by atoms with E-state index in [1.807, 2.05) is 43.9 Å². The molecule has 1 amide bonds. The number of methoxy groups -OCH3 is 2. The van der Waals surface area contributed by atoms with Crippen LogP contribution in [-0.4, -0.2) is 54.3 Å². The highest BCUT2D eigenvalue weighted by molar-refractivity contribution is 7.15. The van der Waals surface area contributed by atoms with Gasteiger partial charge in [0.1, 0.15) is 11.5 Å². The third kappa shape index (κ3) is 4.70. The number of aliphatic hydroxyl groups excluding tert-OH is 1. The van der Waals surface area contributed by atoms with E-state index in [1.54, 1.807) is 25.6 Å². The van der Waals surface area contributed by atoms with Crippen LogP contribution in [0.3, 0.4) is 0 Å². The lowest BCUT2D eigenvalue weighted by Gasteiger charge is -2.53. The van der Waals surface area contributed by atoms with Crippen molar-refractivity contribution in [1.29, 1.82) is 0 Å². The zero-order valence-corrected chi connectivity index (χ0v) is 23.4. The highest BCUT2D eigenvalue weighted by atomic mass is 32.1. The predicted molar refractivity (Wildman–Crippen MR) is 144 cm³/mol. The van der Waals surface area contributed by atoms with Crippen LogP contribution in [0.4, 0.5) is 10.8 Å². The van der Waals surface area contributed by atoms with Crippen molar-refractivity contribution >= 4 is 28.1 Å². The predicted octanol–water partition coefficient (Wildman–Crippen LogP) is 5.46. The van der Waals surface area contributed by atoms with Gasteiger partial charge in [0.2, 0.25) is 5.91 Å². The number of anilines is 2. The third-order valence-electron chi connectivity index (χ3n) is 8.68. The molecule has 0 bridgehead atoms. The van der Waals surface area contributed by atoms with Crippen LogP contribution in [0.15, 0.2) is 18.2 Å². The van der Waals surface area contributed by atoms with E-state index < -0.39 is 6.10 Å². The maximum absolute atomic E-state index is 13.1. The Kier molecular flexibility index (Phi) is 7.86. The van der Waals surface area contributed by atoms with Crippen molar-refractivity contribution in [3.63, 3.8) is 0 Å². The van der Waals surface area contributed by atoms with Crippen molar-refractivity contribution < 1.29 is 19.4 Å². The van der Waals surface area contributed by atoms with Gasteiger partial charge in [0.15, 0.2) is 5.13 Å². The Morgan fingerprint density at radius 3 is 2.67 bits per heavy atom. The fourth-order valence-corrected chi connectivity index (χ4v) is 7.91. The van der Waals surface area contributed by atoms with Gasteiger partial charge in [0.05, 0.1) is 31.7 Å². The summed E-state index contributed by atoms with van der Waals surface area (Å²) in [5, 5.41) is 16.0. The highest BCUT2D eigenvalue weighted by Crippen LogP contribution is 2.57. The maximum Gasteiger partial charge on any atom is 0.225 e. The summed E-state index contributed by atoms with van der Waals surface area (Å²) >= 11 is 1.68. The van der Waals surface area contributed by atoms with Gasteiger partial charge in [0.25, 0.3) is 0 Å². The number of nitrogens with one attached hydrogen (secondary N) is 1. The Bertz CT molecular complexity index is 1080. The Labute approximate surface area is 219 Å². The average molecular weight is 516 g/mol. The number of amides is 1. The van der Waals surface area contributed by atoms with Crippen LogP contribution in [0.25, 0.3) is 0 Å². The summed E-state index contributed by atoms with van der Waals surface area (Å²) in [5.41, 5.74) is 1.86. The van der Waals surface area contributed by atoms with Crippen molar-refractivity contribution in [3.8, 4) is 11.5 Å². The molecular formula is C28H41N3O4S. The van der Waals surface area contributed by atoms with Crippen LogP contribution in [0.1, 0.15) is 63.9 Å². The van der Waals surface area contributed by atoms with Gasteiger partial charge in [-0.05, 0) is 62.5 Å². The molecule has 0 saturated heterocycles. The molecule has 4 rings (SSSR count). The number of hydrogen-bond donors (Lipinski definition) is 2. The molecule has 36 heavy (non-hydrogen) atoms. The normalized spacial score (nSPS) is 28.0. The fraction of sp³-hybridized carbons (Fsp3) is 0.643. The Morgan fingerprint density at radius 1 is 1.31 bits per heavy atom. The minimum Gasteiger partial charge on any atom is -0.497 e. The Morgan fingerprint density at radius 2 is 2.03 bits per heavy atom. The van der Waals surface area contributed by atoms with E-state index in [0.29, 0.717) is 13.1 Å². The number of thiazole rings is 1. The molecule has 1 aromatic heterocycles. The lowest BCUT2D eigenvalue weighted by atomic mass is 9.53. The Hall–Kier alpha value is -2.32. The summed E-state index contributed by atoms with van der Waals surface area (Å²) in [7, 11) is 3.30. The van der Waals surface area contributed by atoms with Crippen LogP contribution in [-0.2, 0) is 11.2 Å². The van der Waals surface area contributed by atoms with Crippen molar-refractivity contribution in [3.05, 3.63) is 28.8 Å². The number of hydrogen-bond acceptors (Lipinski definition) is 7. The second-order valence-corrected chi connectivity index (χ2v) is 11.7. The van der Waals surface area contributed by atoms with E-state index in [9.17, 15) is 9.90 Å². The second kappa shape index (κ2) is 10.6. The van der Waals surface area contributed by atoms with Crippen LogP contribution in [0, 0.1) is 23.2 Å². The molecule has 0 aliphatic heterocycles. The summed E-state index contributed by atoms with van der Waals surface area (Å²) < 4.78 is 10.9. The smallest absolute Gasteiger partial charge is 0.225 e. The van der Waals surface area contributed by atoms with E-state index >= 15 is 0 Å². The SMILES string of the molecule is CCN(CC)C(=O)[C@@H](C)C1CC[C@@]2(C)Cc3sc(Nc4cc(OC)ccc4OC)nc3[C@@H](C)[C@@H]2[C@H]1O. The summed E-state index contributed by atoms with van der Waals surface area (Å²) in [4.78, 5) is 21.3. The molecular weight excluding hydrogens is 474 g/mol. The van der Waals surface area contributed by atoms with Gasteiger partial charge >= 0.3 is 0 Å². The summed E-state index contributed by atoms with van der Waals surface area (Å²) in [6, 6.07) is 5.66. The molecule has 2 aliphatic carbocycles. The van der Waals surface area contributed by atoms with E-state index in [1.165, 1.54) is 4.88 Å². The second-order valence-electron chi connectivity index (χ2n) is 10.7. The maximum atomic E-state index is 13.1. The fourth-order valence-electron chi connectivity index (χ4n) is 6.63. The molecule has 1 heterocycles. The molecule has 1 fully saturated rings. The lowest BCUT2D eigenvalue weighted by Crippen LogP contribution is -2.53. The molecule has 0 radical (unpaired) electrons. The van der Waals surface area contributed by atoms with Crippen LogP contribution < -0.4 is 14.8 Å². The first-order valence-corrected chi connectivity index (χ1v) is 13.9. The van der Waals surface area contributed by atoms with Crippen molar-refractivity contribution in [2.24, 2.45) is 23.2 Å². The van der Waals surface area contributed by atoms with Crippen LogP contribution in [0.5, 0.6) is 11.5 Å². The van der Waals surface area contributed by atoms with Gasteiger partial charge in [-0.15, -0.1) is 11.3 Å². The van der Waals surface area contributed by atoms with Crippen molar-refractivity contribution in [2.45, 2.75) is 65.9 Å². The Balaban J connectivity index is 1.59.